The first kappa shape index (κ1) is 30.6. The van der Waals surface area contributed by atoms with E-state index in [4.69, 9.17) is 0 Å². The molecule has 0 aromatic heterocycles. The maximum Gasteiger partial charge on any atom is 0.00466 e. The zero-order valence-electron chi connectivity index (χ0n) is 21.8. The van der Waals surface area contributed by atoms with Gasteiger partial charge in [-0.2, -0.15) is 0 Å². The SMILES string of the molecule is C=C(C)/C(=C/NC)C(=C)/C(=C/C=C(\CC)CCC(CC)CNCCCC(C)CC)C(=C)S. The number of allylic oxidation sites excluding steroid dienone is 7. The highest BCUT2D eigenvalue weighted by Crippen LogP contribution is 2.29. The fourth-order valence-corrected chi connectivity index (χ4v) is 3.84. The number of rotatable bonds is 18. The van der Waals surface area contributed by atoms with Crippen molar-refractivity contribution in [3.63, 3.8) is 0 Å². The highest BCUT2D eigenvalue weighted by atomic mass is 32.1. The monoisotopic (exact) mass is 458 g/mol. The molecule has 0 amide bonds. The van der Waals surface area contributed by atoms with E-state index in [1.807, 2.05) is 20.2 Å². The average Bonchev–Trinajstić information content (AvgIpc) is 2.76. The van der Waals surface area contributed by atoms with Crippen LogP contribution in [0.5, 0.6) is 0 Å². The molecule has 32 heavy (non-hydrogen) atoms. The molecule has 2 atom stereocenters. The Labute approximate surface area is 205 Å². The van der Waals surface area contributed by atoms with E-state index in [-0.39, 0.29) is 0 Å². The summed E-state index contributed by atoms with van der Waals surface area (Å²) in [5.41, 5.74) is 5.26. The topological polar surface area (TPSA) is 24.1 Å². The first-order valence-corrected chi connectivity index (χ1v) is 12.9. The summed E-state index contributed by atoms with van der Waals surface area (Å²) in [6.07, 6.45) is 14.8. The molecule has 0 aliphatic carbocycles. The van der Waals surface area contributed by atoms with Gasteiger partial charge in [0.1, 0.15) is 0 Å². The Hall–Kier alpha value is -1.45. The van der Waals surface area contributed by atoms with Crippen LogP contribution in [0.15, 0.2) is 70.9 Å². The minimum atomic E-state index is 0.720. The highest BCUT2D eigenvalue weighted by Gasteiger charge is 2.11. The first-order valence-electron chi connectivity index (χ1n) is 12.4. The first-order chi connectivity index (χ1) is 15.2. The van der Waals surface area contributed by atoms with Crippen LogP contribution < -0.4 is 10.6 Å². The van der Waals surface area contributed by atoms with E-state index in [1.54, 1.807) is 0 Å². The lowest BCUT2D eigenvalue weighted by molar-refractivity contribution is 0.416. The van der Waals surface area contributed by atoms with Gasteiger partial charge in [-0.15, -0.1) is 12.6 Å². The van der Waals surface area contributed by atoms with Gasteiger partial charge in [0.2, 0.25) is 0 Å². The van der Waals surface area contributed by atoms with Crippen molar-refractivity contribution in [2.45, 2.75) is 79.6 Å². The van der Waals surface area contributed by atoms with Crippen LogP contribution in [0.25, 0.3) is 0 Å². The van der Waals surface area contributed by atoms with Crippen LogP contribution in [0, 0.1) is 11.8 Å². The van der Waals surface area contributed by atoms with E-state index in [0.29, 0.717) is 0 Å². The smallest absolute Gasteiger partial charge is 0.00466 e. The van der Waals surface area contributed by atoms with Gasteiger partial charge in [0.15, 0.2) is 0 Å². The molecule has 0 aliphatic rings. The standard InChI is InChI=1S/C29H50N2S/c1-10-23(6)14-13-19-31-20-27(12-3)16-15-26(11-2)17-18-28(25(8)32)24(7)29(21-30-9)22(4)5/h17-18,21,23,27,30-32H,4,7-8,10-16,19-20H2,1-3,5-6,9H3/b26-17+,28-18-,29-21-. The lowest BCUT2D eigenvalue weighted by atomic mass is 9.93. The van der Waals surface area contributed by atoms with Gasteiger partial charge in [0.25, 0.3) is 0 Å². The largest absolute Gasteiger partial charge is 0.393 e. The summed E-state index contributed by atoms with van der Waals surface area (Å²) >= 11 is 4.53. The van der Waals surface area contributed by atoms with Crippen molar-refractivity contribution in [1.82, 2.24) is 10.6 Å². The minimum Gasteiger partial charge on any atom is -0.393 e. The number of hydrogen-bond acceptors (Lipinski definition) is 3. The quantitative estimate of drug-likeness (QED) is 0.110. The van der Waals surface area contributed by atoms with Gasteiger partial charge in [0, 0.05) is 18.2 Å². The van der Waals surface area contributed by atoms with Crippen LogP contribution in [0.4, 0.5) is 0 Å². The lowest BCUT2D eigenvalue weighted by Crippen LogP contribution is -2.24. The van der Waals surface area contributed by atoms with Crippen molar-refractivity contribution in [2.75, 3.05) is 20.1 Å². The Kier molecular flexibility index (Phi) is 17.2. The molecular formula is C29H50N2S. The fourth-order valence-electron chi connectivity index (χ4n) is 3.63. The van der Waals surface area contributed by atoms with Gasteiger partial charge in [-0.05, 0) is 86.2 Å². The third-order valence-corrected chi connectivity index (χ3v) is 6.52. The zero-order valence-corrected chi connectivity index (χ0v) is 22.7. The van der Waals surface area contributed by atoms with Crippen molar-refractivity contribution in [3.05, 3.63) is 70.9 Å². The maximum atomic E-state index is 4.53. The van der Waals surface area contributed by atoms with E-state index in [1.165, 1.54) is 37.7 Å². The van der Waals surface area contributed by atoms with E-state index in [9.17, 15) is 0 Å². The molecular weight excluding hydrogens is 408 g/mol. The second kappa shape index (κ2) is 18.0. The molecule has 0 saturated carbocycles. The summed E-state index contributed by atoms with van der Waals surface area (Å²) < 4.78 is 0. The second-order valence-corrected chi connectivity index (χ2v) is 9.52. The molecule has 0 aliphatic heterocycles. The van der Waals surface area contributed by atoms with Crippen LogP contribution in [0.1, 0.15) is 79.6 Å². The molecule has 0 saturated heterocycles. The summed E-state index contributed by atoms with van der Waals surface area (Å²) in [5.74, 6) is 1.57. The summed E-state index contributed by atoms with van der Waals surface area (Å²) in [5, 5.41) is 6.77. The molecule has 3 heteroatoms. The van der Waals surface area contributed by atoms with Gasteiger partial charge in [-0.3, -0.25) is 0 Å². The summed E-state index contributed by atoms with van der Waals surface area (Å²) in [6.45, 7) is 25.8. The summed E-state index contributed by atoms with van der Waals surface area (Å²) in [4.78, 5) is 0.720. The molecule has 0 radical (unpaired) electrons. The normalized spacial score (nSPS) is 14.8. The predicted molar refractivity (Wildman–Crippen MR) is 150 cm³/mol. The Balaban J connectivity index is 5.03. The van der Waals surface area contributed by atoms with Crippen LogP contribution in [-0.4, -0.2) is 20.1 Å². The van der Waals surface area contributed by atoms with Crippen LogP contribution in [0.3, 0.4) is 0 Å². The number of hydrogen-bond donors (Lipinski definition) is 3. The Bertz CT molecular complexity index is 681. The molecule has 0 aromatic carbocycles. The molecule has 0 rings (SSSR count). The predicted octanol–water partition coefficient (Wildman–Crippen LogP) is 8.15. The summed E-state index contributed by atoms with van der Waals surface area (Å²) in [6, 6.07) is 0. The van der Waals surface area contributed by atoms with E-state index >= 15 is 0 Å². The number of thiol groups is 1. The summed E-state index contributed by atoms with van der Waals surface area (Å²) in [7, 11) is 1.88. The lowest BCUT2D eigenvalue weighted by Gasteiger charge is -2.17. The van der Waals surface area contributed by atoms with Crippen molar-refractivity contribution < 1.29 is 0 Å². The van der Waals surface area contributed by atoms with Gasteiger partial charge in [-0.25, -0.2) is 0 Å². The Morgan fingerprint density at radius 1 is 1.00 bits per heavy atom. The average molecular weight is 459 g/mol. The highest BCUT2D eigenvalue weighted by molar-refractivity contribution is 7.84. The van der Waals surface area contributed by atoms with E-state index < -0.39 is 0 Å². The Morgan fingerprint density at radius 3 is 2.19 bits per heavy atom. The fraction of sp³-hybridized carbons (Fsp3) is 0.586. The zero-order chi connectivity index (χ0) is 24.5. The third-order valence-electron chi connectivity index (χ3n) is 6.28. The number of nitrogens with one attached hydrogen (secondary N) is 2. The molecule has 0 heterocycles. The van der Waals surface area contributed by atoms with Gasteiger partial charge < -0.3 is 10.6 Å². The van der Waals surface area contributed by atoms with Crippen LogP contribution in [0.2, 0.25) is 0 Å². The van der Waals surface area contributed by atoms with Gasteiger partial charge in [-0.1, -0.05) is 78.0 Å². The molecule has 0 aromatic rings. The minimum absolute atomic E-state index is 0.720. The molecule has 2 nitrogen and oxygen atoms in total. The van der Waals surface area contributed by atoms with Crippen molar-refractivity contribution in [3.8, 4) is 0 Å². The molecule has 0 fully saturated rings. The Morgan fingerprint density at radius 2 is 1.69 bits per heavy atom. The van der Waals surface area contributed by atoms with E-state index in [2.05, 4.69) is 82.8 Å². The molecule has 182 valence electrons. The van der Waals surface area contributed by atoms with Crippen molar-refractivity contribution in [1.29, 1.82) is 0 Å². The molecule has 2 N–H and O–H groups in total. The maximum absolute atomic E-state index is 4.53. The molecule has 0 bridgehead atoms. The van der Waals surface area contributed by atoms with Crippen molar-refractivity contribution in [2.24, 2.45) is 11.8 Å². The van der Waals surface area contributed by atoms with Crippen LogP contribution in [-0.2, 0) is 0 Å². The second-order valence-electron chi connectivity index (χ2n) is 8.98. The molecule has 2 unspecified atom stereocenters. The molecule has 0 spiro atoms. The van der Waals surface area contributed by atoms with Gasteiger partial charge >= 0.3 is 0 Å². The van der Waals surface area contributed by atoms with E-state index in [0.717, 1.165) is 65.0 Å². The third kappa shape index (κ3) is 12.6. The van der Waals surface area contributed by atoms with Crippen LogP contribution >= 0.6 is 12.6 Å². The van der Waals surface area contributed by atoms with Crippen molar-refractivity contribution >= 4 is 12.6 Å². The van der Waals surface area contributed by atoms with Gasteiger partial charge in [0.05, 0.1) is 0 Å².